The molecular formula is C13H17BrN2O4. The summed E-state index contributed by atoms with van der Waals surface area (Å²) in [6.45, 7) is 3.08. The lowest BCUT2D eigenvalue weighted by molar-refractivity contribution is -0.141. The number of carbonyl (C=O) groups is 2. The molecule has 0 radical (unpaired) electrons. The first-order valence-corrected chi connectivity index (χ1v) is 6.84. The highest BCUT2D eigenvalue weighted by atomic mass is 79.9. The molecule has 1 rings (SSSR count). The number of aliphatic hydroxyl groups excluding tert-OH is 1. The number of nitrogens with one attached hydrogen (secondary N) is 2. The Labute approximate surface area is 125 Å². The number of hydrogen-bond acceptors (Lipinski definition) is 3. The van der Waals surface area contributed by atoms with Crippen LogP contribution in [0.5, 0.6) is 0 Å². The van der Waals surface area contributed by atoms with Crippen molar-refractivity contribution in [3.63, 3.8) is 0 Å². The molecule has 0 bridgehead atoms. The molecule has 0 heterocycles. The van der Waals surface area contributed by atoms with Crippen molar-refractivity contribution < 1.29 is 19.8 Å². The topological polar surface area (TPSA) is 98.7 Å². The molecule has 0 spiro atoms. The number of carboxylic acids is 1. The lowest BCUT2D eigenvalue weighted by Gasteiger charge is -2.20. The van der Waals surface area contributed by atoms with Crippen LogP contribution in [0.15, 0.2) is 28.7 Å². The molecule has 0 aliphatic rings. The number of rotatable bonds is 5. The third-order valence-electron chi connectivity index (χ3n) is 2.75. The van der Waals surface area contributed by atoms with E-state index in [4.69, 9.17) is 5.11 Å². The van der Waals surface area contributed by atoms with E-state index in [-0.39, 0.29) is 6.04 Å². The summed E-state index contributed by atoms with van der Waals surface area (Å²) in [5, 5.41) is 23.0. The molecular weight excluding hydrogens is 328 g/mol. The molecule has 3 atom stereocenters. The zero-order valence-electron chi connectivity index (χ0n) is 11.1. The molecule has 4 N–H and O–H groups in total. The number of hydrogen-bond donors (Lipinski definition) is 4. The standard InChI is InChI=1S/C13H17BrN2O4/c1-7(9-3-5-10(14)6-4-9)15-13(20)16-11(8(2)17)12(18)19/h3-8,11,17H,1-2H3,(H,18,19)(H2,15,16,20)/t7?,8-,11+/m1/s1. The number of urea groups is 1. The Morgan fingerprint density at radius 2 is 1.70 bits per heavy atom. The Morgan fingerprint density at radius 3 is 2.15 bits per heavy atom. The van der Waals surface area contributed by atoms with Crippen LogP contribution in [-0.2, 0) is 4.79 Å². The summed E-state index contributed by atoms with van der Waals surface area (Å²) in [7, 11) is 0. The summed E-state index contributed by atoms with van der Waals surface area (Å²) in [6, 6.07) is 5.12. The van der Waals surface area contributed by atoms with Crippen molar-refractivity contribution in [2.45, 2.75) is 32.0 Å². The van der Waals surface area contributed by atoms with Gasteiger partial charge < -0.3 is 20.8 Å². The van der Waals surface area contributed by atoms with Crippen molar-refractivity contribution in [2.24, 2.45) is 0 Å². The van der Waals surface area contributed by atoms with E-state index in [0.717, 1.165) is 10.0 Å². The average Bonchev–Trinajstić information content (AvgIpc) is 2.35. The van der Waals surface area contributed by atoms with Gasteiger partial charge in [-0.2, -0.15) is 0 Å². The Kier molecular flexibility index (Phi) is 5.97. The van der Waals surface area contributed by atoms with Crippen LogP contribution in [0.25, 0.3) is 0 Å². The van der Waals surface area contributed by atoms with Crippen LogP contribution in [0.1, 0.15) is 25.5 Å². The Morgan fingerprint density at radius 1 is 1.15 bits per heavy atom. The van der Waals surface area contributed by atoms with Gasteiger partial charge in [0.25, 0.3) is 0 Å². The lowest BCUT2D eigenvalue weighted by Crippen LogP contribution is -2.51. The minimum atomic E-state index is -1.34. The second kappa shape index (κ2) is 7.25. The Balaban J connectivity index is 2.61. The van der Waals surface area contributed by atoms with E-state index in [1.165, 1.54) is 6.92 Å². The second-order valence-electron chi connectivity index (χ2n) is 4.45. The lowest BCUT2D eigenvalue weighted by atomic mass is 10.1. The molecule has 0 aliphatic heterocycles. The quantitative estimate of drug-likeness (QED) is 0.652. The van der Waals surface area contributed by atoms with Gasteiger partial charge in [-0.1, -0.05) is 28.1 Å². The van der Waals surface area contributed by atoms with Gasteiger partial charge in [0.05, 0.1) is 12.1 Å². The van der Waals surface area contributed by atoms with E-state index >= 15 is 0 Å². The third kappa shape index (κ3) is 4.82. The summed E-state index contributed by atoms with van der Waals surface area (Å²) < 4.78 is 0.929. The maximum absolute atomic E-state index is 11.7. The predicted octanol–water partition coefficient (Wildman–Crippen LogP) is 1.64. The molecule has 20 heavy (non-hydrogen) atoms. The summed E-state index contributed by atoms with van der Waals surface area (Å²) in [5.41, 5.74) is 0.882. The van der Waals surface area contributed by atoms with E-state index in [9.17, 15) is 14.7 Å². The summed E-state index contributed by atoms with van der Waals surface area (Å²) >= 11 is 3.32. The average molecular weight is 345 g/mol. The van der Waals surface area contributed by atoms with Gasteiger partial charge in [0, 0.05) is 4.47 Å². The highest BCUT2D eigenvalue weighted by molar-refractivity contribution is 9.10. The van der Waals surface area contributed by atoms with Gasteiger partial charge in [-0.05, 0) is 31.5 Å². The summed E-state index contributed by atoms with van der Waals surface area (Å²) in [6.07, 6.45) is -1.18. The van der Waals surface area contributed by atoms with Crippen LogP contribution in [0, 0.1) is 0 Å². The first kappa shape index (κ1) is 16.5. The number of carboxylic acid groups (broad SMARTS) is 1. The fourth-order valence-electron chi connectivity index (χ4n) is 1.60. The number of halogens is 1. The molecule has 0 saturated carbocycles. The normalized spacial score (nSPS) is 15.0. The molecule has 7 heteroatoms. The number of aliphatic hydroxyl groups is 1. The molecule has 0 aliphatic carbocycles. The molecule has 0 saturated heterocycles. The van der Waals surface area contributed by atoms with Gasteiger partial charge in [0.1, 0.15) is 0 Å². The fraction of sp³-hybridized carbons (Fsp3) is 0.385. The fourth-order valence-corrected chi connectivity index (χ4v) is 1.87. The molecule has 110 valence electrons. The number of benzene rings is 1. The van der Waals surface area contributed by atoms with Crippen LogP contribution in [0.2, 0.25) is 0 Å². The van der Waals surface area contributed by atoms with Crippen LogP contribution in [0.3, 0.4) is 0 Å². The Hall–Kier alpha value is -1.60. The highest BCUT2D eigenvalue weighted by Gasteiger charge is 2.25. The largest absolute Gasteiger partial charge is 0.480 e. The van der Waals surface area contributed by atoms with Crippen molar-refractivity contribution in [3.05, 3.63) is 34.3 Å². The summed E-state index contributed by atoms with van der Waals surface area (Å²) in [4.78, 5) is 22.6. The first-order valence-electron chi connectivity index (χ1n) is 6.04. The van der Waals surface area contributed by atoms with E-state index in [2.05, 4.69) is 26.6 Å². The molecule has 2 amide bonds. The summed E-state index contributed by atoms with van der Waals surface area (Å²) in [5.74, 6) is -1.29. The third-order valence-corrected chi connectivity index (χ3v) is 3.28. The zero-order chi connectivity index (χ0) is 15.3. The van der Waals surface area contributed by atoms with Gasteiger partial charge in [-0.3, -0.25) is 0 Å². The van der Waals surface area contributed by atoms with Crippen molar-refractivity contribution in [3.8, 4) is 0 Å². The van der Waals surface area contributed by atoms with Crippen LogP contribution >= 0.6 is 15.9 Å². The van der Waals surface area contributed by atoms with Crippen molar-refractivity contribution in [2.75, 3.05) is 0 Å². The van der Waals surface area contributed by atoms with Crippen LogP contribution < -0.4 is 10.6 Å². The number of aliphatic carboxylic acids is 1. The molecule has 0 fully saturated rings. The van der Waals surface area contributed by atoms with Crippen molar-refractivity contribution in [1.82, 2.24) is 10.6 Å². The number of carbonyl (C=O) groups excluding carboxylic acids is 1. The van der Waals surface area contributed by atoms with Crippen molar-refractivity contribution >= 4 is 27.9 Å². The monoisotopic (exact) mass is 344 g/mol. The molecule has 0 aromatic heterocycles. The molecule has 1 unspecified atom stereocenters. The van der Waals surface area contributed by atoms with Crippen LogP contribution in [0.4, 0.5) is 4.79 Å². The maximum atomic E-state index is 11.7. The smallest absolute Gasteiger partial charge is 0.328 e. The van der Waals surface area contributed by atoms with E-state index in [1.54, 1.807) is 6.92 Å². The maximum Gasteiger partial charge on any atom is 0.328 e. The first-order chi connectivity index (χ1) is 9.31. The minimum Gasteiger partial charge on any atom is -0.480 e. The highest BCUT2D eigenvalue weighted by Crippen LogP contribution is 2.16. The van der Waals surface area contributed by atoms with E-state index < -0.39 is 24.1 Å². The number of amides is 2. The van der Waals surface area contributed by atoms with E-state index in [1.807, 2.05) is 24.3 Å². The van der Waals surface area contributed by atoms with Crippen LogP contribution in [-0.4, -0.2) is 34.4 Å². The van der Waals surface area contributed by atoms with Gasteiger partial charge in [0.2, 0.25) is 0 Å². The molecule has 6 nitrogen and oxygen atoms in total. The zero-order valence-corrected chi connectivity index (χ0v) is 12.7. The SMILES string of the molecule is CC(NC(=O)N[C@H](C(=O)O)[C@@H](C)O)c1ccc(Br)cc1. The Bertz CT molecular complexity index is 476. The van der Waals surface area contributed by atoms with Crippen molar-refractivity contribution in [1.29, 1.82) is 0 Å². The van der Waals surface area contributed by atoms with Gasteiger partial charge >= 0.3 is 12.0 Å². The van der Waals surface area contributed by atoms with Gasteiger partial charge in [-0.15, -0.1) is 0 Å². The molecule has 1 aromatic rings. The second-order valence-corrected chi connectivity index (χ2v) is 5.36. The van der Waals surface area contributed by atoms with Gasteiger partial charge in [-0.25, -0.2) is 9.59 Å². The predicted molar refractivity (Wildman–Crippen MR) is 77.3 cm³/mol. The minimum absolute atomic E-state index is 0.286. The van der Waals surface area contributed by atoms with E-state index in [0.29, 0.717) is 0 Å². The molecule has 1 aromatic carbocycles. The van der Waals surface area contributed by atoms with Gasteiger partial charge in [0.15, 0.2) is 6.04 Å².